The summed E-state index contributed by atoms with van der Waals surface area (Å²) in [6.07, 6.45) is 2.62. The van der Waals surface area contributed by atoms with Gasteiger partial charge in [0.1, 0.15) is 6.04 Å². The number of nitrogens with one attached hydrogen (secondary N) is 2. The van der Waals surface area contributed by atoms with Crippen molar-refractivity contribution in [2.45, 2.75) is 93.3 Å². The van der Waals surface area contributed by atoms with Gasteiger partial charge in [-0.15, -0.1) is 11.8 Å². The van der Waals surface area contributed by atoms with Crippen LogP contribution in [0.3, 0.4) is 0 Å². The topological polar surface area (TPSA) is 98.7 Å². The van der Waals surface area contributed by atoms with E-state index in [4.69, 9.17) is 0 Å². The summed E-state index contributed by atoms with van der Waals surface area (Å²) in [6, 6.07) is 9.09. The minimum absolute atomic E-state index is 0.0212. The third-order valence-electron chi connectivity index (χ3n) is 7.89. The number of rotatable bonds is 10. The highest BCUT2D eigenvalue weighted by atomic mass is 79.9. The van der Waals surface area contributed by atoms with Gasteiger partial charge in [-0.2, -0.15) is 0 Å². The second-order valence-electron chi connectivity index (χ2n) is 12.9. The van der Waals surface area contributed by atoms with Gasteiger partial charge < -0.3 is 20.6 Å². The number of likely N-dealkylation sites (tertiary alicyclic amines) is 1. The molecule has 1 aromatic rings. The lowest BCUT2D eigenvalue weighted by Crippen LogP contribution is -2.58. The number of carbonyl (C=O) groups excluding carboxylic acids is 3. The Morgan fingerprint density at radius 2 is 1.82 bits per heavy atom. The zero-order valence-electron chi connectivity index (χ0n) is 23.1. The van der Waals surface area contributed by atoms with E-state index in [1.807, 2.05) is 44.2 Å². The summed E-state index contributed by atoms with van der Waals surface area (Å²) in [4.78, 5) is 43.5. The first-order chi connectivity index (χ1) is 17.8. The molecule has 2 bridgehead atoms. The van der Waals surface area contributed by atoms with E-state index >= 15 is 0 Å². The van der Waals surface area contributed by atoms with Crippen LogP contribution >= 0.6 is 27.7 Å². The van der Waals surface area contributed by atoms with Crippen molar-refractivity contribution in [3.63, 3.8) is 0 Å². The average Bonchev–Trinajstić information content (AvgIpc) is 3.40. The largest absolute Gasteiger partial charge is 0.396 e. The number of halogens is 1. The van der Waals surface area contributed by atoms with E-state index in [2.05, 4.69) is 47.3 Å². The molecule has 3 N–H and O–H groups in total. The van der Waals surface area contributed by atoms with Crippen LogP contribution < -0.4 is 10.6 Å². The first kappa shape index (κ1) is 29.4. The minimum Gasteiger partial charge on any atom is -0.396 e. The summed E-state index contributed by atoms with van der Waals surface area (Å²) in [5.74, 6) is -1.42. The number of amides is 3. The van der Waals surface area contributed by atoms with Crippen molar-refractivity contribution in [1.82, 2.24) is 15.5 Å². The van der Waals surface area contributed by atoms with Gasteiger partial charge >= 0.3 is 0 Å². The first-order valence-corrected chi connectivity index (χ1v) is 15.5. The van der Waals surface area contributed by atoms with Gasteiger partial charge in [-0.25, -0.2) is 0 Å². The van der Waals surface area contributed by atoms with E-state index < -0.39 is 28.2 Å². The fourth-order valence-corrected chi connectivity index (χ4v) is 10.7. The molecule has 38 heavy (non-hydrogen) atoms. The van der Waals surface area contributed by atoms with Crippen molar-refractivity contribution in [3.05, 3.63) is 35.9 Å². The lowest BCUT2D eigenvalue weighted by atomic mass is 9.70. The van der Waals surface area contributed by atoms with Crippen molar-refractivity contribution in [2.24, 2.45) is 17.3 Å². The van der Waals surface area contributed by atoms with Crippen molar-refractivity contribution in [1.29, 1.82) is 0 Å². The Balaban J connectivity index is 1.62. The number of aliphatic hydroxyl groups excluding tert-OH is 1. The zero-order valence-corrected chi connectivity index (χ0v) is 25.5. The van der Waals surface area contributed by atoms with Crippen LogP contribution in [0.1, 0.15) is 65.9 Å². The Kier molecular flexibility index (Phi) is 8.61. The van der Waals surface area contributed by atoms with Gasteiger partial charge in [0.15, 0.2) is 0 Å². The molecule has 1 aromatic carbocycles. The average molecular weight is 609 g/mol. The van der Waals surface area contributed by atoms with Gasteiger partial charge in [-0.1, -0.05) is 67.0 Å². The van der Waals surface area contributed by atoms with Crippen molar-refractivity contribution in [3.8, 4) is 0 Å². The summed E-state index contributed by atoms with van der Waals surface area (Å²) < 4.78 is -0.661. The lowest BCUT2D eigenvalue weighted by Gasteiger charge is -2.39. The van der Waals surface area contributed by atoms with Crippen LogP contribution in [0.2, 0.25) is 0 Å². The smallest absolute Gasteiger partial charge is 0.244 e. The Morgan fingerprint density at radius 1 is 1.13 bits per heavy atom. The van der Waals surface area contributed by atoms with Crippen LogP contribution in [0, 0.1) is 17.3 Å². The van der Waals surface area contributed by atoms with Gasteiger partial charge in [0.25, 0.3) is 0 Å². The highest BCUT2D eigenvalue weighted by Gasteiger charge is 2.75. The number of nitrogens with zero attached hydrogens (tertiary/aromatic N) is 1. The molecule has 4 rings (SSSR count). The maximum atomic E-state index is 14.1. The van der Waals surface area contributed by atoms with Crippen LogP contribution in [0.25, 0.3) is 0 Å². The Bertz CT molecular complexity index is 1050. The molecule has 3 heterocycles. The van der Waals surface area contributed by atoms with Gasteiger partial charge in [0.2, 0.25) is 17.7 Å². The predicted molar refractivity (Wildman–Crippen MR) is 155 cm³/mol. The Hall–Kier alpha value is -1.58. The predicted octanol–water partition coefficient (Wildman–Crippen LogP) is 3.87. The Morgan fingerprint density at radius 3 is 2.45 bits per heavy atom. The normalized spacial score (nSPS) is 30.4. The molecule has 3 aliphatic rings. The molecule has 3 unspecified atom stereocenters. The number of hydrogen-bond donors (Lipinski definition) is 3. The molecule has 210 valence electrons. The van der Waals surface area contributed by atoms with E-state index in [1.165, 1.54) is 0 Å². The Labute approximate surface area is 239 Å². The number of hydrogen-bond acceptors (Lipinski definition) is 5. The second kappa shape index (κ2) is 11.1. The molecule has 3 aliphatic heterocycles. The van der Waals surface area contributed by atoms with Crippen LogP contribution in [-0.4, -0.2) is 67.3 Å². The molecule has 7 nitrogen and oxygen atoms in total. The highest BCUT2D eigenvalue weighted by Crippen LogP contribution is 2.67. The van der Waals surface area contributed by atoms with Crippen molar-refractivity contribution < 1.29 is 19.5 Å². The summed E-state index contributed by atoms with van der Waals surface area (Å²) in [7, 11) is 0. The third kappa shape index (κ3) is 5.80. The van der Waals surface area contributed by atoms with Crippen molar-refractivity contribution >= 4 is 45.4 Å². The fourth-order valence-electron chi connectivity index (χ4n) is 7.04. The number of benzene rings is 1. The van der Waals surface area contributed by atoms with Gasteiger partial charge in [0.05, 0.1) is 16.6 Å². The summed E-state index contributed by atoms with van der Waals surface area (Å²) in [5.41, 5.74) is 0.571. The lowest BCUT2D eigenvalue weighted by molar-refractivity contribution is -0.140. The van der Waals surface area contributed by atoms with Crippen LogP contribution in [0.4, 0.5) is 0 Å². The molecule has 6 atom stereocenters. The van der Waals surface area contributed by atoms with E-state index in [1.54, 1.807) is 16.7 Å². The van der Waals surface area contributed by atoms with Crippen LogP contribution in [-0.2, 0) is 20.9 Å². The SMILES string of the molecule is CC(C)(C)CC(C)(C)NC(=O)C1N(CCCCO)C(=O)[C@@H]2[C@@H](C(=O)NCc3ccccc3)[C@@H]3SC12CC3Br. The zero-order chi connectivity index (χ0) is 27.9. The fraction of sp³-hybridized carbons (Fsp3) is 0.690. The van der Waals surface area contributed by atoms with Crippen molar-refractivity contribution in [2.75, 3.05) is 13.2 Å². The molecule has 3 fully saturated rings. The quantitative estimate of drug-likeness (QED) is 0.277. The van der Waals surface area contributed by atoms with Gasteiger partial charge in [0, 0.05) is 35.3 Å². The summed E-state index contributed by atoms with van der Waals surface area (Å²) >= 11 is 5.48. The molecule has 3 amide bonds. The van der Waals surface area contributed by atoms with Crippen LogP contribution in [0.5, 0.6) is 0 Å². The maximum absolute atomic E-state index is 14.1. The van der Waals surface area contributed by atoms with E-state index in [0.29, 0.717) is 32.4 Å². The molecule has 0 radical (unpaired) electrons. The molecular weight excluding hydrogens is 566 g/mol. The monoisotopic (exact) mass is 607 g/mol. The third-order valence-corrected chi connectivity index (χ3v) is 11.1. The summed E-state index contributed by atoms with van der Waals surface area (Å²) in [6.45, 7) is 11.4. The van der Waals surface area contributed by atoms with E-state index in [9.17, 15) is 19.5 Å². The molecule has 9 heteroatoms. The van der Waals surface area contributed by atoms with Crippen LogP contribution in [0.15, 0.2) is 30.3 Å². The number of fused-ring (bicyclic) bond motifs is 1. The van der Waals surface area contributed by atoms with E-state index in [0.717, 1.165) is 12.0 Å². The molecule has 1 spiro atoms. The highest BCUT2D eigenvalue weighted by molar-refractivity contribution is 9.09. The van der Waals surface area contributed by atoms with Gasteiger partial charge in [-0.3, -0.25) is 14.4 Å². The molecule has 0 aliphatic carbocycles. The standard InChI is InChI=1S/C29H42BrN3O4S/c1-27(2,3)17-28(4,5)32-25(36)23-29-15-19(30)22(38-29)20(21(29)26(37)33(23)13-9-10-14-34)24(35)31-16-18-11-7-6-8-12-18/h6-8,11-12,19-23,34H,9-10,13-17H2,1-5H3,(H,31,35)(H,32,36)/t19?,20-,21+,22-,23?,29?/m1/s1. The number of alkyl halides is 1. The number of carbonyl (C=O) groups is 3. The minimum atomic E-state index is -0.661. The maximum Gasteiger partial charge on any atom is 0.244 e. The van der Waals surface area contributed by atoms with E-state index in [-0.39, 0.29) is 39.8 Å². The number of unbranched alkanes of at least 4 members (excludes halogenated alkanes) is 1. The van der Waals surface area contributed by atoms with Gasteiger partial charge in [-0.05, 0) is 50.5 Å². The molecule has 0 aromatic heterocycles. The molecule has 3 saturated heterocycles. The molecular formula is C29H42BrN3O4S. The number of aliphatic hydroxyl groups is 1. The molecule has 0 saturated carbocycles. The first-order valence-electron chi connectivity index (χ1n) is 13.7. The second-order valence-corrected chi connectivity index (χ2v) is 15.7. The summed E-state index contributed by atoms with van der Waals surface area (Å²) in [5, 5.41) is 15.6. The number of thioether (sulfide) groups is 1.